The van der Waals surface area contributed by atoms with Crippen molar-refractivity contribution in [2.45, 2.75) is 37.6 Å². The number of rotatable bonds is 7. The molecular weight excluding hydrogens is 460 g/mol. The third kappa shape index (κ3) is 4.64. The van der Waals surface area contributed by atoms with E-state index in [0.29, 0.717) is 18.8 Å². The lowest BCUT2D eigenvalue weighted by Crippen LogP contribution is -2.52. The number of likely N-dealkylation sites (tertiary alicyclic amines) is 1. The van der Waals surface area contributed by atoms with E-state index in [1.807, 2.05) is 18.2 Å². The minimum atomic E-state index is -3.71. The summed E-state index contributed by atoms with van der Waals surface area (Å²) in [6.45, 7) is 5.52. The molecule has 0 spiro atoms. The van der Waals surface area contributed by atoms with Gasteiger partial charge in [-0.15, -0.1) is 0 Å². The molecule has 2 aliphatic rings. The van der Waals surface area contributed by atoms with Crippen LogP contribution in [0.2, 0.25) is 0 Å². The molecule has 2 saturated heterocycles. The van der Waals surface area contributed by atoms with E-state index in [4.69, 9.17) is 14.0 Å². The Hall–Kier alpha value is -2.63. The van der Waals surface area contributed by atoms with Gasteiger partial charge in [-0.2, -0.15) is 4.31 Å². The van der Waals surface area contributed by atoms with E-state index in [-0.39, 0.29) is 42.2 Å². The Bertz CT molecular complexity index is 1120. The Labute approximate surface area is 200 Å². The van der Waals surface area contributed by atoms with Crippen molar-refractivity contribution < 1.29 is 27.2 Å². The van der Waals surface area contributed by atoms with Crippen molar-refractivity contribution in [1.82, 2.24) is 19.3 Å². The van der Waals surface area contributed by atoms with Crippen molar-refractivity contribution >= 4 is 15.9 Å². The summed E-state index contributed by atoms with van der Waals surface area (Å²) in [5, 5.41) is 3.77. The standard InChI is InChI=1S/C23H32N4O6S/c1-16-23(17(2)33-24-16)34(29,30)27-12-10-25(11-13-27)22(28)15-26-9-5-6-20(26)19-8-7-18(31-3)14-21(19)32-4/h7-8,14,20H,5-6,9-13,15H2,1-4H3. The number of sulfonamides is 1. The zero-order chi connectivity index (χ0) is 24.5. The first-order valence-corrected chi connectivity index (χ1v) is 12.9. The van der Waals surface area contributed by atoms with Gasteiger partial charge in [0.1, 0.15) is 22.1 Å². The number of nitrogens with zero attached hydrogens (tertiary/aromatic N) is 4. The maximum atomic E-state index is 13.1. The van der Waals surface area contributed by atoms with E-state index in [1.54, 1.807) is 33.0 Å². The lowest BCUT2D eigenvalue weighted by Gasteiger charge is -2.35. The molecule has 1 unspecified atom stereocenters. The van der Waals surface area contributed by atoms with Gasteiger partial charge in [-0.1, -0.05) is 11.2 Å². The molecule has 2 aliphatic heterocycles. The number of amides is 1. The van der Waals surface area contributed by atoms with Crippen LogP contribution in [0, 0.1) is 13.8 Å². The number of hydrogen-bond acceptors (Lipinski definition) is 8. The number of aromatic nitrogens is 1. The Morgan fingerprint density at radius 3 is 2.47 bits per heavy atom. The fraction of sp³-hybridized carbons (Fsp3) is 0.565. The van der Waals surface area contributed by atoms with E-state index >= 15 is 0 Å². The second-order valence-electron chi connectivity index (χ2n) is 8.67. The number of benzene rings is 1. The molecule has 0 saturated carbocycles. The highest BCUT2D eigenvalue weighted by Crippen LogP contribution is 2.38. The van der Waals surface area contributed by atoms with E-state index in [9.17, 15) is 13.2 Å². The molecule has 2 aromatic rings. The average Bonchev–Trinajstić information content (AvgIpc) is 3.44. The highest BCUT2D eigenvalue weighted by molar-refractivity contribution is 7.89. The molecule has 1 aromatic heterocycles. The van der Waals surface area contributed by atoms with Crippen LogP contribution in [0.25, 0.3) is 0 Å². The van der Waals surface area contributed by atoms with Gasteiger partial charge in [0.15, 0.2) is 5.76 Å². The first-order chi connectivity index (χ1) is 16.3. The second-order valence-corrected chi connectivity index (χ2v) is 10.5. The molecule has 186 valence electrons. The molecular formula is C23H32N4O6S. The van der Waals surface area contributed by atoms with Crippen LogP contribution in [0.3, 0.4) is 0 Å². The fourth-order valence-corrected chi connectivity index (χ4v) is 6.60. The van der Waals surface area contributed by atoms with Gasteiger partial charge in [-0.05, 0) is 39.3 Å². The first-order valence-electron chi connectivity index (χ1n) is 11.4. The summed E-state index contributed by atoms with van der Waals surface area (Å²) in [5.74, 6) is 1.77. The number of aryl methyl sites for hydroxylation is 2. The summed E-state index contributed by atoms with van der Waals surface area (Å²) in [4.78, 5) is 17.2. The minimum Gasteiger partial charge on any atom is -0.497 e. The van der Waals surface area contributed by atoms with Crippen LogP contribution in [0.15, 0.2) is 27.6 Å². The van der Waals surface area contributed by atoms with Crippen molar-refractivity contribution in [1.29, 1.82) is 0 Å². The van der Waals surface area contributed by atoms with Gasteiger partial charge in [-0.25, -0.2) is 8.42 Å². The number of piperazine rings is 1. The van der Waals surface area contributed by atoms with Crippen molar-refractivity contribution in [2.75, 3.05) is 53.5 Å². The van der Waals surface area contributed by atoms with Crippen molar-refractivity contribution in [3.8, 4) is 11.5 Å². The first kappa shape index (κ1) is 24.5. The van der Waals surface area contributed by atoms with E-state index in [1.165, 1.54) is 4.31 Å². The molecule has 0 N–H and O–H groups in total. The number of ether oxygens (including phenoxy) is 2. The van der Waals surface area contributed by atoms with Crippen molar-refractivity contribution in [3.05, 3.63) is 35.2 Å². The second kappa shape index (κ2) is 9.93. The van der Waals surface area contributed by atoms with Crippen molar-refractivity contribution in [3.63, 3.8) is 0 Å². The van der Waals surface area contributed by atoms with Crippen LogP contribution in [-0.2, 0) is 14.8 Å². The summed E-state index contributed by atoms with van der Waals surface area (Å²) in [7, 11) is -0.448. The van der Waals surface area contributed by atoms with Gasteiger partial charge in [0.2, 0.25) is 15.9 Å². The van der Waals surface area contributed by atoms with Crippen LogP contribution < -0.4 is 9.47 Å². The predicted octanol–water partition coefficient (Wildman–Crippen LogP) is 1.98. The van der Waals surface area contributed by atoms with Crippen LogP contribution in [0.4, 0.5) is 0 Å². The summed E-state index contributed by atoms with van der Waals surface area (Å²) < 4.78 is 43.4. The highest BCUT2D eigenvalue weighted by Gasteiger charge is 2.36. The Morgan fingerprint density at radius 1 is 1.12 bits per heavy atom. The molecule has 3 heterocycles. The largest absolute Gasteiger partial charge is 0.497 e. The summed E-state index contributed by atoms with van der Waals surface area (Å²) >= 11 is 0. The summed E-state index contributed by atoms with van der Waals surface area (Å²) in [5.41, 5.74) is 1.40. The normalized spacial score (nSPS) is 20.0. The predicted molar refractivity (Wildman–Crippen MR) is 124 cm³/mol. The van der Waals surface area contributed by atoms with Crippen LogP contribution in [-0.4, -0.2) is 87.1 Å². The molecule has 0 aliphatic carbocycles. The Kier molecular flexibility index (Phi) is 7.15. The lowest BCUT2D eigenvalue weighted by molar-refractivity contribution is -0.133. The molecule has 34 heavy (non-hydrogen) atoms. The van der Waals surface area contributed by atoms with E-state index < -0.39 is 10.0 Å². The van der Waals surface area contributed by atoms with Gasteiger partial charge in [-0.3, -0.25) is 9.69 Å². The Balaban J connectivity index is 1.39. The van der Waals surface area contributed by atoms with Gasteiger partial charge in [0, 0.05) is 43.9 Å². The molecule has 1 amide bonds. The Morgan fingerprint density at radius 2 is 1.85 bits per heavy atom. The van der Waals surface area contributed by atoms with Crippen molar-refractivity contribution in [2.24, 2.45) is 0 Å². The number of methoxy groups -OCH3 is 2. The highest BCUT2D eigenvalue weighted by atomic mass is 32.2. The average molecular weight is 493 g/mol. The maximum Gasteiger partial charge on any atom is 0.248 e. The van der Waals surface area contributed by atoms with Crippen LogP contribution in [0.1, 0.15) is 35.9 Å². The van der Waals surface area contributed by atoms with Crippen LogP contribution >= 0.6 is 0 Å². The molecule has 0 bridgehead atoms. The third-order valence-electron chi connectivity index (χ3n) is 6.66. The molecule has 4 rings (SSSR count). The number of hydrogen-bond donors (Lipinski definition) is 0. The summed E-state index contributed by atoms with van der Waals surface area (Å²) in [6.07, 6.45) is 1.94. The SMILES string of the molecule is COc1ccc(C2CCCN2CC(=O)N2CCN(S(=O)(=O)c3c(C)noc3C)CC2)c(OC)c1. The number of carbonyl (C=O) groups is 1. The molecule has 0 radical (unpaired) electrons. The summed E-state index contributed by atoms with van der Waals surface area (Å²) in [6, 6.07) is 5.87. The lowest BCUT2D eigenvalue weighted by atomic mass is 10.0. The van der Waals surface area contributed by atoms with E-state index in [2.05, 4.69) is 10.1 Å². The monoisotopic (exact) mass is 492 g/mol. The molecule has 11 heteroatoms. The molecule has 1 aromatic carbocycles. The van der Waals surface area contributed by atoms with Gasteiger partial charge < -0.3 is 18.9 Å². The minimum absolute atomic E-state index is 0.00812. The van der Waals surface area contributed by atoms with Crippen LogP contribution in [0.5, 0.6) is 11.5 Å². The number of carbonyl (C=O) groups excluding carboxylic acids is 1. The topological polar surface area (TPSA) is 105 Å². The van der Waals surface area contributed by atoms with E-state index in [0.717, 1.165) is 36.4 Å². The molecule has 1 atom stereocenters. The van der Waals surface area contributed by atoms with Gasteiger partial charge in [0.25, 0.3) is 0 Å². The smallest absolute Gasteiger partial charge is 0.248 e. The maximum absolute atomic E-state index is 13.1. The zero-order valence-electron chi connectivity index (χ0n) is 20.1. The molecule has 2 fully saturated rings. The fourth-order valence-electron chi connectivity index (χ4n) is 4.88. The quantitative estimate of drug-likeness (QED) is 0.578. The third-order valence-corrected chi connectivity index (χ3v) is 8.80. The molecule has 10 nitrogen and oxygen atoms in total. The zero-order valence-corrected chi connectivity index (χ0v) is 20.9. The van der Waals surface area contributed by atoms with Gasteiger partial charge in [0.05, 0.1) is 20.8 Å². The van der Waals surface area contributed by atoms with Gasteiger partial charge >= 0.3 is 0 Å².